The molecule has 4 nitrogen and oxygen atoms in total. The number of carboxylic acids is 1. The van der Waals surface area contributed by atoms with Crippen LogP contribution in [0.4, 0.5) is 0 Å². The third-order valence-corrected chi connectivity index (χ3v) is 6.29. The van der Waals surface area contributed by atoms with E-state index in [4.69, 9.17) is 5.11 Å². The molecule has 1 aliphatic heterocycles. The summed E-state index contributed by atoms with van der Waals surface area (Å²) >= 11 is 0. The average Bonchev–Trinajstić information content (AvgIpc) is 2.85. The first-order valence-electron chi connectivity index (χ1n) is 8.71. The number of rotatable bonds is 3. The number of β-amino-alcohol motifs (C(OH)–C–C–N with tert-alkyl or cyclic N) is 1. The van der Waals surface area contributed by atoms with Gasteiger partial charge in [-0.3, -0.25) is 4.79 Å². The van der Waals surface area contributed by atoms with E-state index in [-0.39, 0.29) is 5.92 Å². The van der Waals surface area contributed by atoms with Gasteiger partial charge in [0.15, 0.2) is 0 Å². The van der Waals surface area contributed by atoms with Gasteiger partial charge in [-0.15, -0.1) is 0 Å². The van der Waals surface area contributed by atoms with E-state index in [1.54, 1.807) is 0 Å². The first kappa shape index (κ1) is 15.2. The summed E-state index contributed by atoms with van der Waals surface area (Å²) in [5, 5.41) is 19.4. The molecule has 0 atom stereocenters. The number of hydrogen-bond donors (Lipinski definition) is 2. The number of fused-ring (bicyclic) bond motifs is 1. The second-order valence-corrected chi connectivity index (χ2v) is 8.07. The molecule has 0 unspecified atom stereocenters. The van der Waals surface area contributed by atoms with Gasteiger partial charge in [-0.2, -0.15) is 0 Å². The van der Waals surface area contributed by atoms with Crippen molar-refractivity contribution in [2.75, 3.05) is 19.6 Å². The maximum atomic E-state index is 10.9. The third kappa shape index (κ3) is 2.79. The topological polar surface area (TPSA) is 60.8 Å². The fourth-order valence-electron chi connectivity index (χ4n) is 4.89. The van der Waals surface area contributed by atoms with Crippen molar-refractivity contribution >= 4 is 5.97 Å². The van der Waals surface area contributed by atoms with Gasteiger partial charge >= 0.3 is 5.97 Å². The summed E-state index contributed by atoms with van der Waals surface area (Å²) < 4.78 is 0. The zero-order valence-electron chi connectivity index (χ0n) is 13.5. The van der Waals surface area contributed by atoms with Crippen LogP contribution in [0.25, 0.3) is 0 Å². The Morgan fingerprint density at radius 1 is 1.13 bits per heavy atom. The largest absolute Gasteiger partial charge is 0.481 e. The summed E-state index contributed by atoms with van der Waals surface area (Å²) in [6, 6.07) is 8.80. The van der Waals surface area contributed by atoms with Crippen molar-refractivity contribution in [3.8, 4) is 0 Å². The van der Waals surface area contributed by atoms with Crippen LogP contribution in [-0.4, -0.2) is 46.3 Å². The Balaban J connectivity index is 1.32. The van der Waals surface area contributed by atoms with Crippen LogP contribution >= 0.6 is 0 Å². The van der Waals surface area contributed by atoms with Gasteiger partial charge in [0, 0.05) is 6.54 Å². The Morgan fingerprint density at radius 2 is 1.70 bits per heavy atom. The van der Waals surface area contributed by atoms with Crippen LogP contribution in [0.3, 0.4) is 0 Å². The molecular weight excluding hydrogens is 290 g/mol. The summed E-state index contributed by atoms with van der Waals surface area (Å²) in [5.41, 5.74) is 2.68. The standard InChI is InChI=1S/C19H25NO3/c21-17(22)16-11-19(23,12-16)13-20-7-5-18(6-8-20)9-14-3-1-2-4-15(14)10-18/h1-4,16,23H,5-13H2,(H,21,22). The number of likely N-dealkylation sites (tertiary alicyclic amines) is 1. The molecule has 1 aromatic rings. The Kier molecular flexibility index (Phi) is 3.50. The fourth-order valence-corrected chi connectivity index (χ4v) is 4.89. The van der Waals surface area contributed by atoms with E-state index >= 15 is 0 Å². The molecule has 1 heterocycles. The number of aliphatic hydroxyl groups is 1. The zero-order valence-corrected chi connectivity index (χ0v) is 13.5. The Hall–Kier alpha value is -1.39. The van der Waals surface area contributed by atoms with Crippen LogP contribution < -0.4 is 0 Å². The van der Waals surface area contributed by atoms with Crippen molar-refractivity contribution in [2.24, 2.45) is 11.3 Å². The van der Waals surface area contributed by atoms with E-state index in [0.717, 1.165) is 13.1 Å². The highest BCUT2D eigenvalue weighted by Gasteiger charge is 2.48. The van der Waals surface area contributed by atoms with Crippen molar-refractivity contribution in [3.05, 3.63) is 35.4 Å². The number of aliphatic carboxylic acids is 1. The normalized spacial score (nSPS) is 32.5. The van der Waals surface area contributed by atoms with E-state index < -0.39 is 11.6 Å². The monoisotopic (exact) mass is 315 g/mol. The molecular formula is C19H25NO3. The van der Waals surface area contributed by atoms with E-state index in [0.29, 0.717) is 24.8 Å². The summed E-state index contributed by atoms with van der Waals surface area (Å²) in [4.78, 5) is 13.3. The van der Waals surface area contributed by atoms with Gasteiger partial charge in [0.1, 0.15) is 0 Å². The van der Waals surface area contributed by atoms with Crippen molar-refractivity contribution in [3.63, 3.8) is 0 Å². The van der Waals surface area contributed by atoms with E-state index in [1.807, 2.05) is 0 Å². The summed E-state index contributed by atoms with van der Waals surface area (Å²) in [6.45, 7) is 2.68. The van der Waals surface area contributed by atoms with Crippen LogP contribution in [0, 0.1) is 11.3 Å². The van der Waals surface area contributed by atoms with Gasteiger partial charge < -0.3 is 15.1 Å². The SMILES string of the molecule is O=C(O)C1CC(O)(CN2CCC3(CC2)Cc2ccccc2C3)C1. The number of piperidine rings is 1. The molecule has 1 saturated carbocycles. The molecule has 23 heavy (non-hydrogen) atoms. The van der Waals surface area contributed by atoms with Crippen LogP contribution in [0.2, 0.25) is 0 Å². The maximum absolute atomic E-state index is 10.9. The highest BCUT2D eigenvalue weighted by molar-refractivity contribution is 5.71. The van der Waals surface area contributed by atoms with Crippen molar-refractivity contribution in [2.45, 2.75) is 44.1 Å². The van der Waals surface area contributed by atoms with Gasteiger partial charge in [0.2, 0.25) is 0 Å². The van der Waals surface area contributed by atoms with Crippen LogP contribution in [0.5, 0.6) is 0 Å². The Morgan fingerprint density at radius 3 is 2.22 bits per heavy atom. The van der Waals surface area contributed by atoms with Gasteiger partial charge in [-0.05, 0) is 68.2 Å². The maximum Gasteiger partial charge on any atom is 0.306 e. The highest BCUT2D eigenvalue weighted by Crippen LogP contribution is 2.45. The Bertz CT molecular complexity index is 586. The average molecular weight is 315 g/mol. The van der Waals surface area contributed by atoms with Crippen molar-refractivity contribution < 1.29 is 15.0 Å². The lowest BCUT2D eigenvalue weighted by Gasteiger charge is -2.47. The molecule has 4 rings (SSSR count). The molecule has 124 valence electrons. The predicted octanol–water partition coefficient (Wildman–Crippen LogP) is 2.09. The molecule has 4 heteroatoms. The van der Waals surface area contributed by atoms with Crippen LogP contribution in [-0.2, 0) is 17.6 Å². The van der Waals surface area contributed by atoms with Gasteiger partial charge in [-0.25, -0.2) is 0 Å². The van der Waals surface area contributed by atoms with Crippen LogP contribution in [0.1, 0.15) is 36.8 Å². The predicted molar refractivity (Wildman–Crippen MR) is 87.3 cm³/mol. The molecule has 3 aliphatic rings. The van der Waals surface area contributed by atoms with E-state index in [2.05, 4.69) is 29.2 Å². The first-order valence-corrected chi connectivity index (χ1v) is 8.71. The lowest BCUT2D eigenvalue weighted by molar-refractivity contribution is -0.161. The first-order chi connectivity index (χ1) is 11.0. The lowest BCUT2D eigenvalue weighted by Crippen LogP contribution is -2.56. The molecule has 2 aliphatic carbocycles. The molecule has 0 amide bonds. The third-order valence-electron chi connectivity index (χ3n) is 6.29. The van der Waals surface area contributed by atoms with Crippen molar-refractivity contribution in [1.82, 2.24) is 4.90 Å². The number of benzene rings is 1. The second kappa shape index (κ2) is 5.32. The molecule has 0 aromatic heterocycles. The molecule has 2 N–H and O–H groups in total. The van der Waals surface area contributed by atoms with Gasteiger partial charge in [-0.1, -0.05) is 24.3 Å². The minimum atomic E-state index is -0.772. The lowest BCUT2D eigenvalue weighted by atomic mass is 9.70. The minimum absolute atomic E-state index is 0.347. The van der Waals surface area contributed by atoms with Crippen molar-refractivity contribution in [1.29, 1.82) is 0 Å². The smallest absolute Gasteiger partial charge is 0.306 e. The minimum Gasteiger partial charge on any atom is -0.481 e. The molecule has 1 saturated heterocycles. The molecule has 2 fully saturated rings. The second-order valence-electron chi connectivity index (χ2n) is 8.07. The quantitative estimate of drug-likeness (QED) is 0.897. The number of carboxylic acid groups (broad SMARTS) is 1. The summed E-state index contributed by atoms with van der Waals surface area (Å²) in [7, 11) is 0. The zero-order chi connectivity index (χ0) is 16.1. The van der Waals surface area contributed by atoms with E-state index in [1.165, 1.54) is 36.8 Å². The molecule has 0 radical (unpaired) electrons. The fraction of sp³-hybridized carbons (Fsp3) is 0.632. The number of hydrogen-bond acceptors (Lipinski definition) is 3. The van der Waals surface area contributed by atoms with Gasteiger partial charge in [0.05, 0.1) is 11.5 Å². The summed E-state index contributed by atoms with van der Waals surface area (Å²) in [5.74, 6) is -1.11. The number of carbonyl (C=O) groups is 1. The molecule has 1 aromatic carbocycles. The molecule has 0 bridgehead atoms. The Labute approximate surface area is 137 Å². The number of nitrogens with zero attached hydrogens (tertiary/aromatic N) is 1. The van der Waals surface area contributed by atoms with E-state index in [9.17, 15) is 9.90 Å². The summed E-state index contributed by atoms with van der Waals surface area (Å²) in [6.07, 6.45) is 5.58. The molecule has 1 spiro atoms. The highest BCUT2D eigenvalue weighted by atomic mass is 16.4. The van der Waals surface area contributed by atoms with Gasteiger partial charge in [0.25, 0.3) is 0 Å². The van der Waals surface area contributed by atoms with Crippen LogP contribution in [0.15, 0.2) is 24.3 Å².